The molecular weight excluding hydrogens is 296 g/mol. The molecule has 1 aliphatic rings. The van der Waals surface area contributed by atoms with Crippen molar-refractivity contribution in [3.8, 4) is 5.75 Å². The van der Waals surface area contributed by atoms with Gasteiger partial charge in [-0.05, 0) is 38.1 Å². The summed E-state index contributed by atoms with van der Waals surface area (Å²) in [7, 11) is 1.70. The van der Waals surface area contributed by atoms with Crippen LogP contribution in [0.1, 0.15) is 16.9 Å². The monoisotopic (exact) mass is 318 g/mol. The van der Waals surface area contributed by atoms with Crippen LogP contribution in [0.15, 0.2) is 24.3 Å². The van der Waals surface area contributed by atoms with Gasteiger partial charge in [0.15, 0.2) is 0 Å². The molecule has 1 saturated heterocycles. The highest BCUT2D eigenvalue weighted by Gasteiger charge is 2.24. The molecule has 22 heavy (non-hydrogen) atoms. The quantitative estimate of drug-likeness (QED) is 0.866. The van der Waals surface area contributed by atoms with Crippen LogP contribution in [-0.4, -0.2) is 47.9 Å². The molecule has 3 rings (SSSR count). The molecule has 118 valence electrons. The minimum Gasteiger partial charge on any atom is -0.497 e. The first-order valence-corrected chi connectivity index (χ1v) is 8.39. The second kappa shape index (κ2) is 6.62. The lowest BCUT2D eigenvalue weighted by Gasteiger charge is -2.40. The van der Waals surface area contributed by atoms with Crippen LogP contribution >= 0.6 is 11.3 Å². The molecule has 0 N–H and O–H groups in total. The van der Waals surface area contributed by atoms with Gasteiger partial charge in [-0.15, -0.1) is 21.5 Å². The van der Waals surface area contributed by atoms with Crippen molar-refractivity contribution >= 4 is 17.0 Å². The minimum atomic E-state index is 0.500. The third-order valence-electron chi connectivity index (χ3n) is 4.11. The van der Waals surface area contributed by atoms with Crippen LogP contribution in [0.4, 0.5) is 5.69 Å². The van der Waals surface area contributed by atoms with E-state index in [1.54, 1.807) is 18.4 Å². The predicted molar refractivity (Wildman–Crippen MR) is 89.7 cm³/mol. The molecule has 6 heteroatoms. The van der Waals surface area contributed by atoms with Crippen molar-refractivity contribution in [1.82, 2.24) is 15.1 Å². The van der Waals surface area contributed by atoms with Crippen molar-refractivity contribution in [3.63, 3.8) is 0 Å². The number of hydrogen-bond acceptors (Lipinski definition) is 6. The Morgan fingerprint density at radius 2 is 2.00 bits per heavy atom. The van der Waals surface area contributed by atoms with E-state index in [9.17, 15) is 0 Å². The van der Waals surface area contributed by atoms with Crippen LogP contribution in [0, 0.1) is 6.92 Å². The zero-order chi connectivity index (χ0) is 15.5. The zero-order valence-corrected chi connectivity index (χ0v) is 14.1. The third kappa shape index (κ3) is 3.39. The van der Waals surface area contributed by atoms with Gasteiger partial charge in [-0.1, -0.05) is 0 Å². The van der Waals surface area contributed by atoms with E-state index in [-0.39, 0.29) is 0 Å². The second-order valence-electron chi connectivity index (χ2n) is 5.68. The Hall–Kier alpha value is -1.66. The lowest BCUT2D eigenvalue weighted by atomic mass is 10.1. The van der Waals surface area contributed by atoms with Crippen LogP contribution in [0.5, 0.6) is 5.75 Å². The summed E-state index contributed by atoms with van der Waals surface area (Å²) < 4.78 is 5.22. The van der Waals surface area contributed by atoms with Crippen molar-refractivity contribution < 1.29 is 4.74 Å². The van der Waals surface area contributed by atoms with Crippen LogP contribution in [0.3, 0.4) is 0 Å². The molecule has 0 radical (unpaired) electrons. The van der Waals surface area contributed by atoms with Gasteiger partial charge in [0.05, 0.1) is 13.7 Å². The highest BCUT2D eigenvalue weighted by Crippen LogP contribution is 2.23. The summed E-state index contributed by atoms with van der Waals surface area (Å²) in [4.78, 5) is 4.92. The first-order chi connectivity index (χ1) is 10.7. The highest BCUT2D eigenvalue weighted by molar-refractivity contribution is 7.11. The molecule has 2 aromatic rings. The van der Waals surface area contributed by atoms with Crippen molar-refractivity contribution in [2.24, 2.45) is 0 Å². The first kappa shape index (κ1) is 15.2. The Bertz CT molecular complexity index is 613. The van der Waals surface area contributed by atoms with E-state index in [4.69, 9.17) is 4.74 Å². The van der Waals surface area contributed by atoms with Crippen LogP contribution in [0.25, 0.3) is 0 Å². The Labute approximate surface area is 135 Å². The molecule has 0 saturated carbocycles. The van der Waals surface area contributed by atoms with Crippen molar-refractivity contribution in [1.29, 1.82) is 0 Å². The first-order valence-electron chi connectivity index (χ1n) is 7.58. The fourth-order valence-electron chi connectivity index (χ4n) is 2.83. The summed E-state index contributed by atoms with van der Waals surface area (Å²) in [5.41, 5.74) is 1.26. The summed E-state index contributed by atoms with van der Waals surface area (Å²) >= 11 is 1.69. The molecule has 1 atom stereocenters. The maximum Gasteiger partial charge on any atom is 0.131 e. The van der Waals surface area contributed by atoms with E-state index in [1.807, 2.05) is 19.1 Å². The number of anilines is 1. The van der Waals surface area contributed by atoms with Gasteiger partial charge in [0.25, 0.3) is 0 Å². The molecule has 0 bridgehead atoms. The topological polar surface area (TPSA) is 41.5 Å². The molecule has 0 spiro atoms. The summed E-state index contributed by atoms with van der Waals surface area (Å²) in [5.74, 6) is 0.905. The molecule has 0 aliphatic carbocycles. The maximum atomic E-state index is 5.22. The predicted octanol–water partition coefficient (Wildman–Crippen LogP) is 2.57. The van der Waals surface area contributed by atoms with Gasteiger partial charge in [0, 0.05) is 31.4 Å². The van der Waals surface area contributed by atoms with E-state index < -0.39 is 0 Å². The third-order valence-corrected chi connectivity index (χ3v) is 4.93. The molecule has 0 amide bonds. The van der Waals surface area contributed by atoms with Gasteiger partial charge in [0.2, 0.25) is 0 Å². The number of aromatic nitrogens is 2. The number of methoxy groups -OCH3 is 1. The summed E-state index contributed by atoms with van der Waals surface area (Å²) in [5, 5.41) is 10.5. The average molecular weight is 318 g/mol. The number of rotatable bonds is 4. The number of ether oxygens (including phenoxy) is 1. The average Bonchev–Trinajstić information content (AvgIpc) is 2.94. The van der Waals surface area contributed by atoms with Crippen molar-refractivity contribution in [3.05, 3.63) is 34.3 Å². The fourth-order valence-corrected chi connectivity index (χ4v) is 3.57. The van der Waals surface area contributed by atoms with Gasteiger partial charge in [-0.2, -0.15) is 0 Å². The van der Waals surface area contributed by atoms with Crippen molar-refractivity contribution in [2.45, 2.75) is 26.4 Å². The van der Waals surface area contributed by atoms with Gasteiger partial charge >= 0.3 is 0 Å². The van der Waals surface area contributed by atoms with Gasteiger partial charge in [0.1, 0.15) is 15.8 Å². The standard InChI is InChI=1S/C16H22N4OS/c1-12-10-20(14-4-6-15(21-3)7-5-14)9-8-19(12)11-16-18-17-13(2)22-16/h4-7,12H,8-11H2,1-3H3. The Kier molecular flexibility index (Phi) is 4.59. The molecule has 1 aromatic carbocycles. The lowest BCUT2D eigenvalue weighted by molar-refractivity contribution is 0.180. The highest BCUT2D eigenvalue weighted by atomic mass is 32.1. The van der Waals surface area contributed by atoms with Crippen LogP contribution < -0.4 is 9.64 Å². The minimum absolute atomic E-state index is 0.500. The Balaban J connectivity index is 1.61. The summed E-state index contributed by atoms with van der Waals surface area (Å²) in [6.07, 6.45) is 0. The zero-order valence-electron chi connectivity index (χ0n) is 13.3. The number of benzene rings is 1. The molecule has 1 aliphatic heterocycles. The Morgan fingerprint density at radius 1 is 1.23 bits per heavy atom. The molecule has 1 fully saturated rings. The molecule has 2 heterocycles. The maximum absolute atomic E-state index is 5.22. The number of aryl methyl sites for hydroxylation is 1. The van der Waals surface area contributed by atoms with E-state index in [0.717, 1.165) is 41.9 Å². The molecular formula is C16H22N4OS. The number of hydrogen-bond donors (Lipinski definition) is 0. The van der Waals surface area contributed by atoms with E-state index >= 15 is 0 Å². The van der Waals surface area contributed by atoms with Gasteiger partial charge in [-0.3, -0.25) is 4.90 Å². The normalized spacial score (nSPS) is 19.4. The Morgan fingerprint density at radius 3 is 2.59 bits per heavy atom. The molecule has 1 unspecified atom stereocenters. The van der Waals surface area contributed by atoms with Gasteiger partial charge < -0.3 is 9.64 Å². The summed E-state index contributed by atoms with van der Waals surface area (Å²) in [6, 6.07) is 8.82. The van der Waals surface area contributed by atoms with Crippen LogP contribution in [-0.2, 0) is 6.54 Å². The van der Waals surface area contributed by atoms with E-state index in [1.165, 1.54) is 5.69 Å². The smallest absolute Gasteiger partial charge is 0.131 e. The lowest BCUT2D eigenvalue weighted by Crippen LogP contribution is -2.51. The van der Waals surface area contributed by atoms with Gasteiger partial charge in [-0.25, -0.2) is 0 Å². The van der Waals surface area contributed by atoms with E-state index in [2.05, 4.69) is 39.1 Å². The van der Waals surface area contributed by atoms with Crippen LogP contribution in [0.2, 0.25) is 0 Å². The fraction of sp³-hybridized carbons (Fsp3) is 0.500. The SMILES string of the molecule is COc1ccc(N2CCN(Cc3nnc(C)s3)C(C)C2)cc1. The number of piperazine rings is 1. The van der Waals surface area contributed by atoms with E-state index in [0.29, 0.717) is 6.04 Å². The molecule has 1 aromatic heterocycles. The summed E-state index contributed by atoms with van der Waals surface area (Å²) in [6.45, 7) is 8.31. The van der Waals surface area contributed by atoms with Crippen molar-refractivity contribution in [2.75, 3.05) is 31.6 Å². The second-order valence-corrected chi connectivity index (χ2v) is 6.94. The number of nitrogens with zero attached hydrogens (tertiary/aromatic N) is 4. The largest absolute Gasteiger partial charge is 0.497 e. The molecule has 5 nitrogen and oxygen atoms in total.